The van der Waals surface area contributed by atoms with E-state index in [-0.39, 0.29) is 0 Å². The number of hydrogen-bond acceptors (Lipinski definition) is 4. The van der Waals surface area contributed by atoms with Gasteiger partial charge in [0.15, 0.2) is 0 Å². The largest absolute Gasteiger partial charge is 0.449 e. The molecule has 5 nitrogen and oxygen atoms in total. The van der Waals surface area contributed by atoms with Gasteiger partial charge in [-0.25, -0.2) is 4.79 Å². The fourth-order valence-corrected chi connectivity index (χ4v) is 1.65. The monoisotopic (exact) mass is 217 g/mol. The molecule has 1 fully saturated rings. The zero-order valence-corrected chi connectivity index (χ0v) is 8.64. The summed E-state index contributed by atoms with van der Waals surface area (Å²) >= 11 is 0. The minimum atomic E-state index is -0.410. The Hall–Kier alpha value is -2.22. The third-order valence-corrected chi connectivity index (χ3v) is 2.40. The molecule has 5 heteroatoms. The molecule has 0 aliphatic carbocycles. The van der Waals surface area contributed by atoms with E-state index in [1.54, 1.807) is 18.2 Å². The topological polar surface area (TPSA) is 79.3 Å². The van der Waals surface area contributed by atoms with Crippen LogP contribution in [0.3, 0.4) is 0 Å². The van der Waals surface area contributed by atoms with Crippen molar-refractivity contribution in [3.8, 4) is 6.07 Å². The number of amides is 1. The van der Waals surface area contributed by atoms with E-state index in [2.05, 4.69) is 0 Å². The van der Waals surface area contributed by atoms with E-state index >= 15 is 0 Å². The van der Waals surface area contributed by atoms with Crippen molar-refractivity contribution in [2.75, 3.05) is 23.8 Å². The van der Waals surface area contributed by atoms with E-state index < -0.39 is 6.09 Å². The number of nitrogen functional groups attached to an aromatic ring is 1. The average molecular weight is 217 g/mol. The van der Waals surface area contributed by atoms with E-state index in [4.69, 9.17) is 15.7 Å². The molecule has 0 saturated carbocycles. The fraction of sp³-hybridized carbons (Fsp3) is 0.273. The van der Waals surface area contributed by atoms with Crippen LogP contribution in [0.1, 0.15) is 12.0 Å². The van der Waals surface area contributed by atoms with Gasteiger partial charge in [-0.05, 0) is 24.6 Å². The van der Waals surface area contributed by atoms with Gasteiger partial charge in [0, 0.05) is 12.2 Å². The highest BCUT2D eigenvalue weighted by molar-refractivity contribution is 5.90. The Morgan fingerprint density at radius 2 is 2.31 bits per heavy atom. The Labute approximate surface area is 93.0 Å². The molecular weight excluding hydrogens is 206 g/mol. The quantitative estimate of drug-likeness (QED) is 0.722. The second-order valence-electron chi connectivity index (χ2n) is 3.51. The predicted octanol–water partition coefficient (Wildman–Crippen LogP) is 1.49. The Balaban J connectivity index is 2.39. The molecule has 1 aromatic carbocycles. The van der Waals surface area contributed by atoms with Crippen molar-refractivity contribution in [1.29, 1.82) is 5.26 Å². The number of benzene rings is 1. The standard InChI is InChI=1S/C11H11N3O2/c12-7-8-6-9(13)2-3-10(8)14-4-1-5-16-11(14)15/h2-3,6H,1,4-5,13H2. The number of carbonyl (C=O) groups is 1. The summed E-state index contributed by atoms with van der Waals surface area (Å²) < 4.78 is 4.92. The van der Waals surface area contributed by atoms with Crippen LogP contribution in [0.5, 0.6) is 0 Å². The van der Waals surface area contributed by atoms with Crippen LogP contribution in [-0.4, -0.2) is 19.2 Å². The first-order valence-electron chi connectivity index (χ1n) is 4.96. The van der Waals surface area contributed by atoms with Crippen molar-refractivity contribution in [1.82, 2.24) is 0 Å². The number of carbonyl (C=O) groups excluding carboxylic acids is 1. The van der Waals surface area contributed by atoms with E-state index in [0.717, 1.165) is 6.42 Å². The molecular formula is C11H11N3O2. The van der Waals surface area contributed by atoms with E-state index in [9.17, 15) is 4.79 Å². The predicted molar refractivity (Wildman–Crippen MR) is 58.9 cm³/mol. The van der Waals surface area contributed by atoms with Crippen LogP contribution in [0, 0.1) is 11.3 Å². The molecule has 16 heavy (non-hydrogen) atoms. The Kier molecular flexibility index (Phi) is 2.64. The number of rotatable bonds is 1. The van der Waals surface area contributed by atoms with E-state index in [1.165, 1.54) is 4.90 Å². The zero-order valence-electron chi connectivity index (χ0n) is 8.64. The van der Waals surface area contributed by atoms with Crippen molar-refractivity contribution in [3.05, 3.63) is 23.8 Å². The maximum Gasteiger partial charge on any atom is 0.414 e. The van der Waals surface area contributed by atoms with Gasteiger partial charge < -0.3 is 10.5 Å². The number of ether oxygens (including phenoxy) is 1. The molecule has 1 saturated heterocycles. The minimum absolute atomic E-state index is 0.388. The van der Waals surface area contributed by atoms with Crippen LogP contribution >= 0.6 is 0 Å². The number of nitrogens with two attached hydrogens (primary N) is 1. The lowest BCUT2D eigenvalue weighted by molar-refractivity contribution is 0.140. The third kappa shape index (κ3) is 1.77. The van der Waals surface area contributed by atoms with Gasteiger partial charge in [0.25, 0.3) is 0 Å². The zero-order chi connectivity index (χ0) is 11.5. The van der Waals surface area contributed by atoms with Crippen LogP contribution in [-0.2, 0) is 4.74 Å². The number of nitriles is 1. The summed E-state index contributed by atoms with van der Waals surface area (Å²) in [6.45, 7) is 1.00. The van der Waals surface area contributed by atoms with Gasteiger partial charge in [-0.1, -0.05) is 0 Å². The van der Waals surface area contributed by atoms with Gasteiger partial charge in [-0.15, -0.1) is 0 Å². The van der Waals surface area contributed by atoms with Crippen molar-refractivity contribution in [3.63, 3.8) is 0 Å². The number of nitrogens with zero attached hydrogens (tertiary/aromatic N) is 2. The third-order valence-electron chi connectivity index (χ3n) is 2.40. The maximum absolute atomic E-state index is 11.5. The summed E-state index contributed by atoms with van der Waals surface area (Å²) in [6.07, 6.45) is 0.355. The molecule has 82 valence electrons. The average Bonchev–Trinajstić information content (AvgIpc) is 2.30. The molecule has 1 amide bonds. The molecule has 1 aromatic rings. The van der Waals surface area contributed by atoms with E-state index in [1.807, 2.05) is 6.07 Å². The number of hydrogen-bond donors (Lipinski definition) is 1. The normalized spacial score (nSPS) is 15.4. The Morgan fingerprint density at radius 1 is 1.50 bits per heavy atom. The van der Waals surface area contributed by atoms with Crippen LogP contribution < -0.4 is 10.6 Å². The van der Waals surface area contributed by atoms with Crippen LogP contribution in [0.4, 0.5) is 16.2 Å². The van der Waals surface area contributed by atoms with Crippen LogP contribution in [0.2, 0.25) is 0 Å². The minimum Gasteiger partial charge on any atom is -0.449 e. The van der Waals surface area contributed by atoms with Crippen LogP contribution in [0.15, 0.2) is 18.2 Å². The lowest BCUT2D eigenvalue weighted by Gasteiger charge is -2.27. The van der Waals surface area contributed by atoms with E-state index in [0.29, 0.717) is 30.1 Å². The molecule has 0 bridgehead atoms. The summed E-state index contributed by atoms with van der Waals surface area (Å²) in [5, 5.41) is 8.98. The summed E-state index contributed by atoms with van der Waals surface area (Å²) in [6, 6.07) is 6.91. The molecule has 1 aliphatic rings. The molecule has 1 aliphatic heterocycles. The molecule has 0 unspecified atom stereocenters. The highest BCUT2D eigenvalue weighted by atomic mass is 16.6. The SMILES string of the molecule is N#Cc1cc(N)ccc1N1CCCOC1=O. The Bertz CT molecular complexity index is 465. The summed E-state index contributed by atoms with van der Waals surface area (Å²) in [5.74, 6) is 0. The molecule has 0 aromatic heterocycles. The van der Waals surface area contributed by atoms with Gasteiger partial charge in [0.2, 0.25) is 0 Å². The number of cyclic esters (lactones) is 1. The van der Waals surface area contributed by atoms with Gasteiger partial charge >= 0.3 is 6.09 Å². The van der Waals surface area contributed by atoms with Gasteiger partial charge in [-0.2, -0.15) is 5.26 Å². The molecule has 0 spiro atoms. The molecule has 0 radical (unpaired) electrons. The fourth-order valence-electron chi connectivity index (χ4n) is 1.65. The first-order chi connectivity index (χ1) is 7.72. The molecule has 2 N–H and O–H groups in total. The summed E-state index contributed by atoms with van der Waals surface area (Å²) in [5.41, 5.74) is 7.03. The van der Waals surface area contributed by atoms with Crippen LogP contribution in [0.25, 0.3) is 0 Å². The first kappa shape index (κ1) is 10.3. The maximum atomic E-state index is 11.5. The molecule has 2 rings (SSSR count). The van der Waals surface area contributed by atoms with Gasteiger partial charge in [0.05, 0.1) is 17.9 Å². The lowest BCUT2D eigenvalue weighted by Crippen LogP contribution is -2.38. The second-order valence-corrected chi connectivity index (χ2v) is 3.51. The highest BCUT2D eigenvalue weighted by Crippen LogP contribution is 2.24. The lowest BCUT2D eigenvalue weighted by atomic mass is 10.1. The van der Waals surface area contributed by atoms with Crippen molar-refractivity contribution in [2.24, 2.45) is 0 Å². The summed E-state index contributed by atoms with van der Waals surface area (Å²) in [4.78, 5) is 13.0. The second kappa shape index (κ2) is 4.11. The van der Waals surface area contributed by atoms with Gasteiger partial charge in [0.1, 0.15) is 6.07 Å². The molecule has 0 atom stereocenters. The number of anilines is 2. The molecule has 1 heterocycles. The first-order valence-corrected chi connectivity index (χ1v) is 4.96. The summed E-state index contributed by atoms with van der Waals surface area (Å²) in [7, 11) is 0. The Morgan fingerprint density at radius 3 is 3.00 bits per heavy atom. The highest BCUT2D eigenvalue weighted by Gasteiger charge is 2.23. The van der Waals surface area contributed by atoms with Crippen molar-refractivity contribution in [2.45, 2.75) is 6.42 Å². The smallest absolute Gasteiger partial charge is 0.414 e. The van der Waals surface area contributed by atoms with Crippen molar-refractivity contribution >= 4 is 17.5 Å². The van der Waals surface area contributed by atoms with Gasteiger partial charge in [-0.3, -0.25) is 4.90 Å². The van der Waals surface area contributed by atoms with Crippen molar-refractivity contribution < 1.29 is 9.53 Å².